The van der Waals surface area contributed by atoms with Crippen LogP contribution in [0.15, 0.2) is 0 Å². The van der Waals surface area contributed by atoms with E-state index in [-0.39, 0.29) is 0 Å². The van der Waals surface area contributed by atoms with Crippen molar-refractivity contribution in [2.24, 2.45) is 5.92 Å². The van der Waals surface area contributed by atoms with Crippen LogP contribution in [-0.4, -0.2) is 29.4 Å². The van der Waals surface area contributed by atoms with E-state index in [0.717, 1.165) is 19.4 Å². The van der Waals surface area contributed by atoms with Gasteiger partial charge in [-0.05, 0) is 12.3 Å². The molecule has 0 spiro atoms. The summed E-state index contributed by atoms with van der Waals surface area (Å²) in [6, 6.07) is 0. The van der Waals surface area contributed by atoms with Gasteiger partial charge in [-0.15, -0.1) is 0 Å². The monoisotopic (exact) mass is 268 g/mol. The lowest BCUT2D eigenvalue weighted by molar-refractivity contribution is 0.0603. The number of hydrogen-bond acceptors (Lipinski definition) is 5. The Morgan fingerprint density at radius 1 is 1.53 bits per heavy atom. The van der Waals surface area contributed by atoms with Gasteiger partial charge in [-0.1, -0.05) is 27.2 Å². The zero-order valence-electron chi connectivity index (χ0n) is 12.2. The van der Waals surface area contributed by atoms with Crippen LogP contribution in [0.4, 0.5) is 11.6 Å². The van der Waals surface area contributed by atoms with Gasteiger partial charge in [0.1, 0.15) is 11.4 Å². The molecule has 0 saturated carbocycles. The first kappa shape index (κ1) is 15.3. The second kappa shape index (κ2) is 7.01. The average Bonchev–Trinajstić information content (AvgIpc) is 2.65. The van der Waals surface area contributed by atoms with Gasteiger partial charge in [-0.25, -0.2) is 9.48 Å². The Morgan fingerprint density at radius 3 is 2.74 bits per heavy atom. The van der Waals surface area contributed by atoms with Gasteiger partial charge < -0.3 is 15.8 Å². The zero-order valence-corrected chi connectivity index (χ0v) is 12.2. The van der Waals surface area contributed by atoms with Crippen molar-refractivity contribution in [3.05, 3.63) is 5.56 Å². The van der Waals surface area contributed by atoms with Crippen LogP contribution in [0.5, 0.6) is 0 Å². The number of unbranched alkanes of at least 4 members (excludes halogenated alkanes) is 1. The van der Waals surface area contributed by atoms with Crippen LogP contribution in [0, 0.1) is 5.92 Å². The lowest BCUT2D eigenvalue weighted by atomic mass is 10.2. The third-order valence-corrected chi connectivity index (χ3v) is 2.74. The van der Waals surface area contributed by atoms with Gasteiger partial charge in [-0.2, -0.15) is 5.10 Å². The number of ether oxygens (including phenoxy) is 1. The third kappa shape index (κ3) is 3.87. The lowest BCUT2D eigenvalue weighted by Gasteiger charge is -2.06. The quantitative estimate of drug-likeness (QED) is 0.584. The fraction of sp³-hybridized carbons (Fsp3) is 0.692. The van der Waals surface area contributed by atoms with Crippen LogP contribution < -0.4 is 11.1 Å². The Morgan fingerprint density at radius 2 is 2.21 bits per heavy atom. The highest BCUT2D eigenvalue weighted by atomic mass is 16.5. The van der Waals surface area contributed by atoms with Crippen molar-refractivity contribution in [2.45, 2.75) is 40.2 Å². The van der Waals surface area contributed by atoms with E-state index in [9.17, 15) is 4.79 Å². The van der Waals surface area contributed by atoms with Gasteiger partial charge >= 0.3 is 5.97 Å². The lowest BCUT2D eigenvalue weighted by Crippen LogP contribution is -2.11. The SMILES string of the molecule is CCCCNc1nn(CC(C)C)c(N)c1C(=O)OC. The number of carbonyl (C=O) groups is 1. The Balaban J connectivity index is 3.01. The predicted octanol–water partition coefficient (Wildman–Crippen LogP) is 2.12. The minimum Gasteiger partial charge on any atom is -0.465 e. The fourth-order valence-corrected chi connectivity index (χ4v) is 1.77. The molecule has 1 aromatic heterocycles. The van der Waals surface area contributed by atoms with E-state index >= 15 is 0 Å². The number of hydrogen-bond donors (Lipinski definition) is 2. The molecule has 3 N–H and O–H groups in total. The van der Waals surface area contributed by atoms with Crippen molar-refractivity contribution in [1.82, 2.24) is 9.78 Å². The molecule has 0 aliphatic carbocycles. The molecule has 1 heterocycles. The molecule has 1 rings (SSSR count). The Hall–Kier alpha value is -1.72. The largest absolute Gasteiger partial charge is 0.465 e. The summed E-state index contributed by atoms with van der Waals surface area (Å²) >= 11 is 0. The Bertz CT molecular complexity index is 427. The number of nitrogens with zero attached hydrogens (tertiary/aromatic N) is 2. The molecule has 0 radical (unpaired) electrons. The second-order valence-electron chi connectivity index (χ2n) is 4.96. The summed E-state index contributed by atoms with van der Waals surface area (Å²) in [5, 5.41) is 7.52. The van der Waals surface area contributed by atoms with Gasteiger partial charge in [0.15, 0.2) is 5.82 Å². The van der Waals surface area contributed by atoms with Crippen molar-refractivity contribution < 1.29 is 9.53 Å². The third-order valence-electron chi connectivity index (χ3n) is 2.74. The van der Waals surface area contributed by atoms with Crippen molar-refractivity contribution in [3.63, 3.8) is 0 Å². The summed E-state index contributed by atoms with van der Waals surface area (Å²) < 4.78 is 6.43. The highest BCUT2D eigenvalue weighted by Crippen LogP contribution is 2.23. The number of esters is 1. The summed E-state index contributed by atoms with van der Waals surface area (Å²) in [4.78, 5) is 11.8. The molecule has 19 heavy (non-hydrogen) atoms. The summed E-state index contributed by atoms with van der Waals surface area (Å²) in [5.74, 6) is 0.820. The average molecular weight is 268 g/mol. The first-order chi connectivity index (χ1) is 9.01. The number of nitrogens with two attached hydrogens (primary N) is 1. The van der Waals surface area contributed by atoms with E-state index in [1.54, 1.807) is 4.68 Å². The molecule has 0 aliphatic heterocycles. The van der Waals surface area contributed by atoms with Gasteiger partial charge in [0, 0.05) is 13.1 Å². The number of nitrogens with one attached hydrogen (secondary N) is 1. The van der Waals surface area contributed by atoms with Crippen molar-refractivity contribution in [2.75, 3.05) is 24.7 Å². The van der Waals surface area contributed by atoms with Crippen molar-refractivity contribution in [1.29, 1.82) is 0 Å². The minimum atomic E-state index is -0.452. The molecule has 1 aromatic rings. The number of aromatic nitrogens is 2. The number of carbonyl (C=O) groups excluding carboxylic acids is 1. The first-order valence-corrected chi connectivity index (χ1v) is 6.69. The van der Waals surface area contributed by atoms with Crippen LogP contribution in [0.2, 0.25) is 0 Å². The van der Waals surface area contributed by atoms with Crippen molar-refractivity contribution in [3.8, 4) is 0 Å². The molecule has 0 saturated heterocycles. The number of anilines is 2. The van der Waals surface area contributed by atoms with E-state index in [1.807, 2.05) is 0 Å². The predicted molar refractivity (Wildman–Crippen MR) is 76.2 cm³/mol. The molecule has 6 nitrogen and oxygen atoms in total. The molecule has 108 valence electrons. The number of nitrogen functional groups attached to an aromatic ring is 1. The molecular weight excluding hydrogens is 244 g/mol. The molecule has 0 aromatic carbocycles. The van der Waals surface area contributed by atoms with Gasteiger partial charge in [0.2, 0.25) is 0 Å². The Labute approximate surface area is 114 Å². The summed E-state index contributed by atoms with van der Waals surface area (Å²) in [7, 11) is 1.34. The maximum atomic E-state index is 11.8. The molecular formula is C13H24N4O2. The summed E-state index contributed by atoms with van der Waals surface area (Å²) in [6.45, 7) is 7.69. The molecule has 0 bridgehead atoms. The van der Waals surface area contributed by atoms with Gasteiger partial charge in [0.05, 0.1) is 7.11 Å². The van der Waals surface area contributed by atoms with Crippen LogP contribution >= 0.6 is 0 Å². The van der Waals surface area contributed by atoms with E-state index < -0.39 is 5.97 Å². The zero-order chi connectivity index (χ0) is 14.4. The molecule has 0 atom stereocenters. The summed E-state index contributed by atoms with van der Waals surface area (Å²) in [6.07, 6.45) is 2.08. The maximum absolute atomic E-state index is 11.8. The van der Waals surface area contributed by atoms with Gasteiger partial charge in [0.25, 0.3) is 0 Å². The molecule has 0 amide bonds. The highest BCUT2D eigenvalue weighted by molar-refractivity contribution is 5.99. The summed E-state index contributed by atoms with van der Waals surface area (Å²) in [5.41, 5.74) is 6.33. The van der Waals surface area contributed by atoms with Crippen LogP contribution in [0.25, 0.3) is 0 Å². The van der Waals surface area contributed by atoms with E-state index in [2.05, 4.69) is 31.2 Å². The Kier molecular flexibility index (Phi) is 5.66. The molecule has 6 heteroatoms. The van der Waals surface area contributed by atoms with Crippen molar-refractivity contribution >= 4 is 17.6 Å². The standard InChI is InChI=1S/C13H24N4O2/c1-5-6-7-15-12-10(13(18)19-4)11(14)17(16-12)8-9(2)3/h9H,5-8,14H2,1-4H3,(H,15,16). The van der Waals surface area contributed by atoms with Gasteiger partial charge in [-0.3, -0.25) is 0 Å². The molecule has 0 fully saturated rings. The first-order valence-electron chi connectivity index (χ1n) is 6.69. The molecule has 0 unspecified atom stereocenters. The fourth-order valence-electron chi connectivity index (χ4n) is 1.77. The van der Waals surface area contributed by atoms with E-state index in [1.165, 1.54) is 7.11 Å². The van der Waals surface area contributed by atoms with E-state index in [4.69, 9.17) is 10.5 Å². The normalized spacial score (nSPS) is 10.8. The van der Waals surface area contributed by atoms with Crippen LogP contribution in [-0.2, 0) is 11.3 Å². The van der Waals surface area contributed by atoms with E-state index in [0.29, 0.717) is 29.7 Å². The van der Waals surface area contributed by atoms with Crippen LogP contribution in [0.1, 0.15) is 44.0 Å². The van der Waals surface area contributed by atoms with Crippen LogP contribution in [0.3, 0.4) is 0 Å². The molecule has 0 aliphatic rings. The topological polar surface area (TPSA) is 82.2 Å². The smallest absolute Gasteiger partial charge is 0.345 e. The minimum absolute atomic E-state index is 0.333. The number of methoxy groups -OCH3 is 1. The highest BCUT2D eigenvalue weighted by Gasteiger charge is 2.22. The second-order valence-corrected chi connectivity index (χ2v) is 4.96. The maximum Gasteiger partial charge on any atom is 0.345 e. The number of rotatable bonds is 7.